The van der Waals surface area contributed by atoms with Gasteiger partial charge in [0.15, 0.2) is 0 Å². The number of carboxylic acids is 1. The van der Waals surface area contributed by atoms with Crippen molar-refractivity contribution in [3.05, 3.63) is 81.7 Å². The minimum absolute atomic E-state index is 0.130. The Kier molecular flexibility index (Phi) is 5.44. The van der Waals surface area contributed by atoms with Crippen molar-refractivity contribution in [1.29, 1.82) is 0 Å². The van der Waals surface area contributed by atoms with Crippen molar-refractivity contribution in [2.75, 3.05) is 0 Å². The van der Waals surface area contributed by atoms with E-state index < -0.39 is 11.9 Å². The van der Waals surface area contributed by atoms with E-state index in [1.165, 1.54) is 6.07 Å². The lowest BCUT2D eigenvalue weighted by atomic mass is 9.90. The van der Waals surface area contributed by atoms with E-state index >= 15 is 0 Å². The third-order valence-electron chi connectivity index (χ3n) is 4.86. The maximum absolute atomic E-state index is 12.0. The van der Waals surface area contributed by atoms with E-state index in [9.17, 15) is 9.90 Å². The Morgan fingerprint density at radius 1 is 0.862 bits per heavy atom. The van der Waals surface area contributed by atoms with Gasteiger partial charge in [-0.05, 0) is 42.0 Å². The van der Waals surface area contributed by atoms with Crippen LogP contribution in [0.25, 0.3) is 0 Å². The zero-order valence-electron chi connectivity index (χ0n) is 17.7. The minimum Gasteiger partial charge on any atom is -0.478 e. The Bertz CT molecular complexity index is 976. The topological polar surface area (TPSA) is 63.6 Å². The largest absolute Gasteiger partial charge is 0.478 e. The van der Waals surface area contributed by atoms with E-state index in [2.05, 4.69) is 41.5 Å². The van der Waals surface area contributed by atoms with Crippen molar-refractivity contribution in [2.24, 2.45) is 0 Å². The molecule has 29 heavy (non-hydrogen) atoms. The van der Waals surface area contributed by atoms with Crippen LogP contribution >= 0.6 is 11.6 Å². The second-order valence-electron chi connectivity index (χ2n) is 9.37. The number of halogens is 1. The summed E-state index contributed by atoms with van der Waals surface area (Å²) in [6.07, 6.45) is 0. The molecule has 0 amide bonds. The van der Waals surface area contributed by atoms with Gasteiger partial charge in [0.2, 0.25) is 0 Å². The summed E-state index contributed by atoms with van der Waals surface area (Å²) in [5, 5.41) is 10.2. The van der Waals surface area contributed by atoms with Gasteiger partial charge in [0.05, 0.1) is 5.56 Å². The molecule has 1 aromatic carbocycles. The van der Waals surface area contributed by atoms with Crippen molar-refractivity contribution in [3.63, 3.8) is 0 Å². The zero-order valence-corrected chi connectivity index (χ0v) is 18.4. The van der Waals surface area contributed by atoms with Crippen molar-refractivity contribution >= 4 is 17.6 Å². The molecule has 0 saturated heterocycles. The van der Waals surface area contributed by atoms with Crippen LogP contribution < -0.4 is 0 Å². The van der Waals surface area contributed by atoms with Crippen LogP contribution in [0.1, 0.15) is 86.4 Å². The molecule has 154 valence electrons. The van der Waals surface area contributed by atoms with Crippen molar-refractivity contribution in [3.8, 4) is 0 Å². The maximum atomic E-state index is 12.0. The van der Waals surface area contributed by atoms with E-state index in [0.717, 1.165) is 11.5 Å². The van der Waals surface area contributed by atoms with Crippen LogP contribution in [0.15, 0.2) is 51.3 Å². The SMILES string of the molecule is CC(C)(C)c1ccc(C(c2ccc(C(C)(C)C)o2)c2ccc(Cl)cc2C(=O)O)o1. The van der Waals surface area contributed by atoms with Gasteiger partial charge in [0.1, 0.15) is 29.0 Å². The number of hydrogen-bond donors (Lipinski definition) is 1. The number of carboxylic acid groups (broad SMARTS) is 1. The first-order valence-electron chi connectivity index (χ1n) is 9.61. The number of carbonyl (C=O) groups is 1. The number of benzene rings is 1. The second kappa shape index (κ2) is 7.42. The molecule has 0 saturated carbocycles. The van der Waals surface area contributed by atoms with Crippen LogP contribution in [0.2, 0.25) is 5.02 Å². The van der Waals surface area contributed by atoms with E-state index in [1.807, 2.05) is 24.3 Å². The lowest BCUT2D eigenvalue weighted by Crippen LogP contribution is -2.11. The monoisotopic (exact) mass is 414 g/mol. The summed E-state index contributed by atoms with van der Waals surface area (Å²) < 4.78 is 12.4. The fourth-order valence-corrected chi connectivity index (χ4v) is 3.41. The summed E-state index contributed by atoms with van der Waals surface area (Å²) in [4.78, 5) is 12.0. The summed E-state index contributed by atoms with van der Waals surface area (Å²) in [6.45, 7) is 12.4. The predicted molar refractivity (Wildman–Crippen MR) is 114 cm³/mol. The highest BCUT2D eigenvalue weighted by atomic mass is 35.5. The lowest BCUT2D eigenvalue weighted by Gasteiger charge is -2.19. The van der Waals surface area contributed by atoms with Gasteiger partial charge >= 0.3 is 5.97 Å². The first kappa shape index (κ1) is 21.3. The molecule has 3 aromatic rings. The van der Waals surface area contributed by atoms with Crippen LogP contribution in [0.4, 0.5) is 0 Å². The molecule has 0 spiro atoms. The molecule has 0 atom stereocenters. The van der Waals surface area contributed by atoms with E-state index in [1.54, 1.807) is 12.1 Å². The van der Waals surface area contributed by atoms with E-state index in [-0.39, 0.29) is 16.4 Å². The zero-order chi connectivity index (χ0) is 21.6. The van der Waals surface area contributed by atoms with Crippen molar-refractivity contribution in [1.82, 2.24) is 0 Å². The molecule has 5 heteroatoms. The summed E-state index contributed by atoms with van der Waals surface area (Å²) in [5.74, 6) is 1.38. The normalized spacial score (nSPS) is 12.6. The Balaban J connectivity index is 2.22. The fraction of sp³-hybridized carbons (Fsp3) is 0.375. The van der Waals surface area contributed by atoms with Crippen LogP contribution in [0.3, 0.4) is 0 Å². The van der Waals surface area contributed by atoms with Crippen LogP contribution in [0, 0.1) is 0 Å². The molecule has 2 heterocycles. The molecule has 1 N–H and O–H groups in total. The highest BCUT2D eigenvalue weighted by Crippen LogP contribution is 2.39. The first-order valence-corrected chi connectivity index (χ1v) is 9.99. The maximum Gasteiger partial charge on any atom is 0.336 e. The van der Waals surface area contributed by atoms with Crippen molar-refractivity contribution < 1.29 is 18.7 Å². The summed E-state index contributed by atoms with van der Waals surface area (Å²) >= 11 is 6.08. The predicted octanol–water partition coefficient (Wildman–Crippen LogP) is 7.00. The van der Waals surface area contributed by atoms with E-state index in [4.69, 9.17) is 20.4 Å². The number of aromatic carboxylic acids is 1. The fourth-order valence-electron chi connectivity index (χ4n) is 3.23. The molecule has 2 aromatic heterocycles. The van der Waals surface area contributed by atoms with Crippen LogP contribution in [-0.2, 0) is 10.8 Å². The number of hydrogen-bond acceptors (Lipinski definition) is 3. The molecule has 0 bridgehead atoms. The third-order valence-corrected chi connectivity index (χ3v) is 5.09. The molecule has 0 fully saturated rings. The van der Waals surface area contributed by atoms with Gasteiger partial charge in [-0.1, -0.05) is 59.2 Å². The molecule has 0 unspecified atom stereocenters. The Morgan fingerprint density at radius 2 is 1.34 bits per heavy atom. The van der Waals surface area contributed by atoms with Gasteiger partial charge in [0.25, 0.3) is 0 Å². The molecule has 0 aliphatic rings. The Morgan fingerprint density at radius 3 is 1.72 bits per heavy atom. The summed E-state index contributed by atoms with van der Waals surface area (Å²) in [7, 11) is 0. The summed E-state index contributed by atoms with van der Waals surface area (Å²) in [5.41, 5.74) is 0.368. The summed E-state index contributed by atoms with van der Waals surface area (Å²) in [6, 6.07) is 12.5. The molecule has 0 radical (unpaired) electrons. The smallest absolute Gasteiger partial charge is 0.336 e. The van der Waals surface area contributed by atoms with Crippen LogP contribution in [0.5, 0.6) is 0 Å². The molecule has 0 aliphatic heterocycles. The number of rotatable bonds is 4. The number of furan rings is 2. The van der Waals surface area contributed by atoms with Gasteiger partial charge in [0, 0.05) is 15.9 Å². The average molecular weight is 415 g/mol. The van der Waals surface area contributed by atoms with Crippen molar-refractivity contribution in [2.45, 2.75) is 58.3 Å². The molecular formula is C24H27ClO4. The molecule has 0 aliphatic carbocycles. The molecule has 3 rings (SSSR count). The van der Waals surface area contributed by atoms with Gasteiger partial charge in [-0.2, -0.15) is 0 Å². The van der Waals surface area contributed by atoms with Gasteiger partial charge in [-0.3, -0.25) is 0 Å². The molecule has 4 nitrogen and oxygen atoms in total. The highest BCUT2D eigenvalue weighted by Gasteiger charge is 2.31. The highest BCUT2D eigenvalue weighted by molar-refractivity contribution is 6.31. The standard InChI is InChI=1S/C24H27ClO4/c1-23(2,3)19-11-9-17(28-19)21(18-10-12-20(29-18)24(4,5)6)15-8-7-14(25)13-16(15)22(26)27/h7-13,21H,1-6H3,(H,26,27). The van der Waals surface area contributed by atoms with Crippen LogP contribution in [-0.4, -0.2) is 11.1 Å². The van der Waals surface area contributed by atoms with Gasteiger partial charge < -0.3 is 13.9 Å². The Labute approximate surface area is 176 Å². The minimum atomic E-state index is -1.04. The Hall–Kier alpha value is -2.46. The van der Waals surface area contributed by atoms with Gasteiger partial charge in [-0.15, -0.1) is 0 Å². The lowest BCUT2D eigenvalue weighted by molar-refractivity contribution is 0.0695. The van der Waals surface area contributed by atoms with E-state index in [0.29, 0.717) is 22.1 Å². The second-order valence-corrected chi connectivity index (χ2v) is 9.81. The quantitative estimate of drug-likeness (QED) is 0.499. The van der Waals surface area contributed by atoms with Gasteiger partial charge in [-0.25, -0.2) is 4.79 Å². The molecular weight excluding hydrogens is 388 g/mol. The first-order chi connectivity index (χ1) is 13.4. The average Bonchev–Trinajstić information content (AvgIpc) is 3.25. The third kappa shape index (κ3) is 4.43.